The summed E-state index contributed by atoms with van der Waals surface area (Å²) in [5.74, 6) is 0.817. The van der Waals surface area contributed by atoms with Crippen molar-refractivity contribution in [3.8, 4) is 11.3 Å². The van der Waals surface area contributed by atoms with Crippen molar-refractivity contribution in [1.29, 1.82) is 0 Å². The summed E-state index contributed by atoms with van der Waals surface area (Å²) in [6.45, 7) is 4.65. The zero-order valence-corrected chi connectivity index (χ0v) is 14.6. The second-order valence-corrected chi connectivity index (χ2v) is 6.25. The maximum atomic E-state index is 12.1. The van der Waals surface area contributed by atoms with Gasteiger partial charge in [-0.1, -0.05) is 18.2 Å². The molecule has 0 atom stereocenters. The summed E-state index contributed by atoms with van der Waals surface area (Å²) in [6, 6.07) is 12.1. The van der Waals surface area contributed by atoms with E-state index in [9.17, 15) is 4.79 Å². The van der Waals surface area contributed by atoms with E-state index >= 15 is 0 Å². The van der Waals surface area contributed by atoms with Crippen LogP contribution < -0.4 is 5.32 Å². The summed E-state index contributed by atoms with van der Waals surface area (Å²) in [4.78, 5) is 16.3. The second-order valence-electron chi connectivity index (χ2n) is 6.25. The lowest BCUT2D eigenvalue weighted by Gasteiger charge is -2.07. The van der Waals surface area contributed by atoms with E-state index in [2.05, 4.69) is 42.3 Å². The van der Waals surface area contributed by atoms with Crippen LogP contribution in [0, 0.1) is 13.8 Å². The Morgan fingerprint density at radius 1 is 1.08 bits per heavy atom. The van der Waals surface area contributed by atoms with Gasteiger partial charge in [0.15, 0.2) is 0 Å². The number of hydrogen-bond donors (Lipinski definition) is 1. The van der Waals surface area contributed by atoms with E-state index in [1.165, 1.54) is 16.7 Å². The maximum Gasteiger partial charge on any atom is 0.220 e. The highest BCUT2D eigenvalue weighted by molar-refractivity contribution is 5.76. The number of aromatic nitrogens is 1. The molecule has 2 aromatic heterocycles. The van der Waals surface area contributed by atoms with Crippen molar-refractivity contribution in [3.63, 3.8) is 0 Å². The van der Waals surface area contributed by atoms with Crippen molar-refractivity contribution in [2.24, 2.45) is 0 Å². The average Bonchev–Trinajstić information content (AvgIpc) is 3.16. The maximum absolute atomic E-state index is 12.1. The molecular weight excluding hydrogens is 312 g/mol. The highest BCUT2D eigenvalue weighted by atomic mass is 16.3. The second kappa shape index (κ2) is 7.79. The van der Waals surface area contributed by atoms with Crippen molar-refractivity contribution < 1.29 is 9.21 Å². The van der Waals surface area contributed by atoms with Gasteiger partial charge in [-0.25, -0.2) is 0 Å². The first-order valence-electron chi connectivity index (χ1n) is 8.42. The van der Waals surface area contributed by atoms with Gasteiger partial charge in [-0.3, -0.25) is 9.78 Å². The predicted octanol–water partition coefficient (Wildman–Crippen LogP) is 4.21. The van der Waals surface area contributed by atoms with E-state index in [-0.39, 0.29) is 5.91 Å². The van der Waals surface area contributed by atoms with Crippen molar-refractivity contribution in [3.05, 3.63) is 77.3 Å². The zero-order chi connectivity index (χ0) is 17.6. The normalized spacial score (nSPS) is 10.6. The van der Waals surface area contributed by atoms with Crippen molar-refractivity contribution >= 4 is 5.91 Å². The third-order valence-electron chi connectivity index (χ3n) is 4.30. The Labute approximate surface area is 147 Å². The fraction of sp³-hybridized carbons (Fsp3) is 0.238. The Kier molecular flexibility index (Phi) is 5.29. The molecule has 3 aromatic rings. The number of nitrogens with one attached hydrogen (secondary N) is 1. The highest BCUT2D eigenvalue weighted by Crippen LogP contribution is 2.19. The molecule has 1 amide bonds. The number of hydrogen-bond acceptors (Lipinski definition) is 3. The van der Waals surface area contributed by atoms with Crippen LogP contribution in [0.4, 0.5) is 0 Å². The van der Waals surface area contributed by atoms with E-state index in [1.54, 1.807) is 18.7 Å². The number of amides is 1. The molecule has 25 heavy (non-hydrogen) atoms. The summed E-state index contributed by atoms with van der Waals surface area (Å²) >= 11 is 0. The van der Waals surface area contributed by atoms with E-state index < -0.39 is 0 Å². The first-order valence-corrected chi connectivity index (χ1v) is 8.42. The van der Waals surface area contributed by atoms with Gasteiger partial charge in [-0.2, -0.15) is 0 Å². The molecule has 1 aromatic carbocycles. The summed E-state index contributed by atoms with van der Waals surface area (Å²) in [5.41, 5.74) is 5.59. The largest absolute Gasteiger partial charge is 0.464 e. The first-order chi connectivity index (χ1) is 12.1. The monoisotopic (exact) mass is 334 g/mol. The van der Waals surface area contributed by atoms with E-state index in [4.69, 9.17) is 4.42 Å². The van der Waals surface area contributed by atoms with Crippen LogP contribution in [0.2, 0.25) is 0 Å². The third kappa shape index (κ3) is 4.57. The van der Waals surface area contributed by atoms with Gasteiger partial charge < -0.3 is 9.73 Å². The molecule has 4 heteroatoms. The molecule has 4 nitrogen and oxygen atoms in total. The summed E-state index contributed by atoms with van der Waals surface area (Å²) in [5, 5.41) is 2.96. The minimum absolute atomic E-state index is 0.0432. The van der Waals surface area contributed by atoms with Crippen LogP contribution in [0.1, 0.15) is 28.7 Å². The molecule has 0 bridgehead atoms. The summed E-state index contributed by atoms with van der Waals surface area (Å²) < 4.78 is 5.38. The fourth-order valence-corrected chi connectivity index (χ4v) is 2.67. The topological polar surface area (TPSA) is 55.1 Å². The molecule has 0 fully saturated rings. The molecule has 0 unspecified atom stereocenters. The minimum atomic E-state index is 0.0432. The molecule has 2 heterocycles. The lowest BCUT2D eigenvalue weighted by Crippen LogP contribution is -2.23. The molecule has 0 radical (unpaired) electrons. The van der Waals surface area contributed by atoms with Gasteiger partial charge in [0.05, 0.1) is 6.26 Å². The Morgan fingerprint density at radius 3 is 2.72 bits per heavy atom. The Bertz CT molecular complexity index is 854. The molecule has 0 aliphatic heterocycles. The third-order valence-corrected chi connectivity index (χ3v) is 4.30. The van der Waals surface area contributed by atoms with Gasteiger partial charge in [0.25, 0.3) is 0 Å². The molecule has 128 valence electrons. The van der Waals surface area contributed by atoms with Crippen LogP contribution in [0.25, 0.3) is 11.3 Å². The number of carbonyl (C=O) groups excluding carboxylic acids is 1. The van der Waals surface area contributed by atoms with Crippen LogP contribution >= 0.6 is 0 Å². The number of carbonyl (C=O) groups is 1. The highest BCUT2D eigenvalue weighted by Gasteiger charge is 2.06. The lowest BCUT2D eigenvalue weighted by molar-refractivity contribution is -0.121. The lowest BCUT2D eigenvalue weighted by atomic mass is 10.0. The number of furan rings is 1. The van der Waals surface area contributed by atoms with Crippen LogP contribution in [0.5, 0.6) is 0 Å². The molecule has 0 saturated heterocycles. The molecule has 3 rings (SSSR count). The zero-order valence-electron chi connectivity index (χ0n) is 14.6. The smallest absolute Gasteiger partial charge is 0.220 e. The van der Waals surface area contributed by atoms with Crippen molar-refractivity contribution in [2.75, 3.05) is 0 Å². The van der Waals surface area contributed by atoms with Crippen LogP contribution in [-0.4, -0.2) is 10.9 Å². The quantitative estimate of drug-likeness (QED) is 0.735. The Balaban J connectivity index is 1.52. The van der Waals surface area contributed by atoms with Crippen LogP contribution in [0.15, 0.2) is 59.5 Å². The minimum Gasteiger partial charge on any atom is -0.464 e. The first kappa shape index (κ1) is 17.0. The van der Waals surface area contributed by atoms with Crippen LogP contribution in [-0.2, 0) is 17.8 Å². The SMILES string of the molecule is Cc1ccc(CCC(=O)NCc2cncc(-c3ccco3)c2)cc1C. The van der Waals surface area contributed by atoms with Crippen molar-refractivity contribution in [1.82, 2.24) is 10.3 Å². The number of nitrogens with zero attached hydrogens (tertiary/aromatic N) is 1. The van der Waals surface area contributed by atoms with Crippen LogP contribution in [0.3, 0.4) is 0 Å². The average molecular weight is 334 g/mol. The fourth-order valence-electron chi connectivity index (χ4n) is 2.67. The van der Waals surface area contributed by atoms with E-state index in [0.29, 0.717) is 13.0 Å². The predicted molar refractivity (Wildman–Crippen MR) is 98.0 cm³/mol. The van der Waals surface area contributed by atoms with E-state index in [0.717, 1.165) is 23.3 Å². The molecule has 0 aliphatic carbocycles. The Morgan fingerprint density at radius 2 is 1.96 bits per heavy atom. The number of aryl methyl sites for hydroxylation is 3. The van der Waals surface area contributed by atoms with Gasteiger partial charge in [0.2, 0.25) is 5.91 Å². The molecule has 0 aliphatic rings. The van der Waals surface area contributed by atoms with Gasteiger partial charge >= 0.3 is 0 Å². The van der Waals surface area contributed by atoms with E-state index in [1.807, 2.05) is 18.2 Å². The van der Waals surface area contributed by atoms with Gasteiger partial charge in [-0.15, -0.1) is 0 Å². The summed E-state index contributed by atoms with van der Waals surface area (Å²) in [6.07, 6.45) is 6.38. The molecule has 0 spiro atoms. The van der Waals surface area contributed by atoms with Gasteiger partial charge in [0, 0.05) is 30.9 Å². The number of pyridine rings is 1. The Hall–Kier alpha value is -2.88. The van der Waals surface area contributed by atoms with Crippen molar-refractivity contribution in [2.45, 2.75) is 33.2 Å². The summed E-state index contributed by atoms with van der Waals surface area (Å²) in [7, 11) is 0. The molecular formula is C21H22N2O2. The molecule has 1 N–H and O–H groups in total. The van der Waals surface area contributed by atoms with Gasteiger partial charge in [-0.05, 0) is 60.7 Å². The number of benzene rings is 1. The van der Waals surface area contributed by atoms with Gasteiger partial charge in [0.1, 0.15) is 5.76 Å². The standard InChI is InChI=1S/C21H22N2O2/c1-15-5-6-17(10-16(15)2)7-8-21(24)23-13-18-11-19(14-22-12-18)20-4-3-9-25-20/h3-6,9-12,14H,7-8,13H2,1-2H3,(H,23,24). The number of rotatable bonds is 6. The molecule has 0 saturated carbocycles.